The van der Waals surface area contributed by atoms with Gasteiger partial charge in [-0.3, -0.25) is 9.08 Å². The predicted molar refractivity (Wildman–Crippen MR) is 110 cm³/mol. The van der Waals surface area contributed by atoms with Crippen molar-refractivity contribution in [2.75, 3.05) is 18.5 Å². The number of ether oxygens (including phenoxy) is 2. The summed E-state index contributed by atoms with van der Waals surface area (Å²) in [5.74, 6) is 0.561. The molecule has 2 aliphatic rings. The van der Waals surface area contributed by atoms with Crippen LogP contribution in [0.25, 0.3) is 16.9 Å². The van der Waals surface area contributed by atoms with Crippen LogP contribution in [0.4, 0.5) is 23.4 Å². The normalized spacial score (nSPS) is 17.3. The molecule has 0 saturated heterocycles. The van der Waals surface area contributed by atoms with Gasteiger partial charge in [0.2, 0.25) is 0 Å². The van der Waals surface area contributed by atoms with Gasteiger partial charge in [0.25, 0.3) is 0 Å². The van der Waals surface area contributed by atoms with Gasteiger partial charge < -0.3 is 14.8 Å². The molecule has 0 saturated carbocycles. The van der Waals surface area contributed by atoms with Crippen LogP contribution in [0.5, 0.6) is 11.5 Å². The van der Waals surface area contributed by atoms with Gasteiger partial charge >= 0.3 is 6.18 Å². The van der Waals surface area contributed by atoms with E-state index in [1.807, 2.05) is 0 Å². The zero-order chi connectivity index (χ0) is 22.9. The average Bonchev–Trinajstić information content (AvgIpc) is 3.49. The molecule has 0 aliphatic carbocycles. The average molecular weight is 459 g/mol. The molecule has 6 rings (SSSR count). The second-order valence-corrected chi connectivity index (χ2v) is 8.04. The Kier molecular flexibility index (Phi) is 4.14. The van der Waals surface area contributed by atoms with Crippen LogP contribution in [0.2, 0.25) is 0 Å². The van der Waals surface area contributed by atoms with Crippen molar-refractivity contribution in [3.63, 3.8) is 0 Å². The first-order valence-electron chi connectivity index (χ1n) is 10.2. The lowest BCUT2D eigenvalue weighted by Gasteiger charge is -2.17. The van der Waals surface area contributed by atoms with Gasteiger partial charge in [0.05, 0.1) is 24.8 Å². The highest BCUT2D eigenvalue weighted by atomic mass is 19.4. The number of anilines is 1. The zero-order valence-corrected chi connectivity index (χ0v) is 17.3. The van der Waals surface area contributed by atoms with Gasteiger partial charge in [-0.25, -0.2) is 9.37 Å². The van der Waals surface area contributed by atoms with Gasteiger partial charge in [-0.15, -0.1) is 0 Å². The minimum absolute atomic E-state index is 0.0465. The summed E-state index contributed by atoms with van der Waals surface area (Å²) in [5, 5.41) is 7.21. The van der Waals surface area contributed by atoms with Gasteiger partial charge in [0, 0.05) is 42.7 Å². The van der Waals surface area contributed by atoms with Crippen molar-refractivity contribution in [2.45, 2.75) is 18.6 Å². The Labute approximate surface area is 184 Å². The number of aromatic nitrogens is 4. The topological polar surface area (TPSA) is 65.6 Å². The Morgan fingerprint density at radius 1 is 1.12 bits per heavy atom. The molecule has 0 radical (unpaired) electrons. The van der Waals surface area contributed by atoms with Crippen molar-refractivity contribution in [3.05, 3.63) is 59.3 Å². The quantitative estimate of drug-likeness (QED) is 0.428. The summed E-state index contributed by atoms with van der Waals surface area (Å²) in [4.78, 5) is 3.88. The number of pyridine rings is 1. The SMILES string of the molecule is Cn1nccc1-c1cc2c(n3cc(C(F)(F)F)nc13)NCc1c(F)ccc3c1[C@H](CO3)CO2. The highest BCUT2D eigenvalue weighted by Crippen LogP contribution is 2.42. The van der Waals surface area contributed by atoms with E-state index in [-0.39, 0.29) is 30.5 Å². The van der Waals surface area contributed by atoms with Crippen molar-refractivity contribution < 1.29 is 27.0 Å². The van der Waals surface area contributed by atoms with E-state index >= 15 is 0 Å². The molecular weight excluding hydrogens is 442 g/mol. The highest BCUT2D eigenvalue weighted by molar-refractivity contribution is 5.81. The van der Waals surface area contributed by atoms with Gasteiger partial charge in [-0.1, -0.05) is 0 Å². The zero-order valence-electron chi connectivity index (χ0n) is 17.3. The van der Waals surface area contributed by atoms with Gasteiger partial charge in [0.15, 0.2) is 17.3 Å². The number of halogens is 4. The second-order valence-electron chi connectivity index (χ2n) is 8.04. The number of aryl methyl sites for hydroxylation is 1. The standard InChI is InChI=1S/C22H17F4N5O2/c1-30-15(4-5-28-30)12-6-17-21(31-8-18(22(24,25)26)29-20(12)31)27-7-13-14(23)2-3-16-19(13)11(9-32-16)10-33-17/h2-6,8,11,27H,7,9-10H2,1H3/t11-/m1/s1. The number of nitrogens with zero attached hydrogens (tertiary/aromatic N) is 4. The van der Waals surface area contributed by atoms with E-state index in [9.17, 15) is 17.6 Å². The summed E-state index contributed by atoms with van der Waals surface area (Å²) in [7, 11) is 1.69. The fourth-order valence-corrected chi connectivity index (χ4v) is 4.51. The first kappa shape index (κ1) is 19.9. The molecule has 0 unspecified atom stereocenters. The Hall–Kier alpha value is -3.76. The summed E-state index contributed by atoms with van der Waals surface area (Å²) < 4.78 is 70.1. The van der Waals surface area contributed by atoms with E-state index in [1.54, 1.807) is 36.1 Å². The summed E-state index contributed by atoms with van der Waals surface area (Å²) in [5.41, 5.74) is 1.18. The molecule has 0 spiro atoms. The third-order valence-electron chi connectivity index (χ3n) is 6.06. The molecule has 4 aromatic rings. The molecule has 1 aromatic carbocycles. The third-order valence-corrected chi connectivity index (χ3v) is 6.06. The molecule has 7 nitrogen and oxygen atoms in total. The molecule has 170 valence electrons. The van der Waals surface area contributed by atoms with Crippen LogP contribution >= 0.6 is 0 Å². The second kappa shape index (κ2) is 6.87. The minimum Gasteiger partial charge on any atom is -0.493 e. The monoisotopic (exact) mass is 459 g/mol. The molecule has 33 heavy (non-hydrogen) atoms. The van der Waals surface area contributed by atoms with E-state index in [4.69, 9.17) is 9.47 Å². The van der Waals surface area contributed by atoms with Crippen molar-refractivity contribution >= 4 is 11.5 Å². The third kappa shape index (κ3) is 3.02. The van der Waals surface area contributed by atoms with Crippen LogP contribution in [0.3, 0.4) is 0 Å². The lowest BCUT2D eigenvalue weighted by Crippen LogP contribution is -2.13. The molecule has 3 aromatic heterocycles. The molecule has 5 heterocycles. The van der Waals surface area contributed by atoms with E-state index in [2.05, 4.69) is 15.4 Å². The molecule has 1 atom stereocenters. The number of hydrogen-bond donors (Lipinski definition) is 1. The highest BCUT2D eigenvalue weighted by Gasteiger charge is 2.36. The maximum absolute atomic E-state index is 14.7. The van der Waals surface area contributed by atoms with Crippen molar-refractivity contribution in [1.82, 2.24) is 19.2 Å². The van der Waals surface area contributed by atoms with E-state index in [0.717, 1.165) is 11.8 Å². The number of hydrogen-bond acceptors (Lipinski definition) is 5. The maximum Gasteiger partial charge on any atom is 0.434 e. The lowest BCUT2D eigenvalue weighted by atomic mass is 9.96. The largest absolute Gasteiger partial charge is 0.493 e. The van der Waals surface area contributed by atoms with Crippen molar-refractivity contribution in [1.29, 1.82) is 0 Å². The molecule has 11 heteroatoms. The van der Waals surface area contributed by atoms with Crippen molar-refractivity contribution in [3.8, 4) is 22.8 Å². The van der Waals surface area contributed by atoms with Gasteiger partial charge in [-0.05, 0) is 24.3 Å². The molecule has 0 bridgehead atoms. The summed E-state index contributed by atoms with van der Waals surface area (Å²) >= 11 is 0. The van der Waals surface area contributed by atoms with Crippen LogP contribution in [0.15, 0.2) is 36.7 Å². The van der Waals surface area contributed by atoms with Crippen LogP contribution < -0.4 is 14.8 Å². The molecular formula is C22H17F4N5O2. The molecule has 1 N–H and O–H groups in total. The number of benzene rings is 1. The minimum atomic E-state index is -4.64. The molecule has 0 fully saturated rings. The van der Waals surface area contributed by atoms with Crippen LogP contribution in [0, 0.1) is 5.82 Å². The number of rotatable bonds is 1. The molecule has 2 aliphatic heterocycles. The Morgan fingerprint density at radius 2 is 1.91 bits per heavy atom. The maximum atomic E-state index is 14.7. The summed E-state index contributed by atoms with van der Waals surface area (Å²) in [6, 6.07) is 6.25. The number of imidazole rings is 1. The first-order valence-corrected chi connectivity index (χ1v) is 10.2. The number of alkyl halides is 3. The van der Waals surface area contributed by atoms with E-state index < -0.39 is 17.7 Å². The predicted octanol–water partition coefficient (Wildman–Crippen LogP) is 4.37. The van der Waals surface area contributed by atoms with Crippen LogP contribution in [-0.2, 0) is 19.8 Å². The fraction of sp³-hybridized carbons (Fsp3) is 0.273. The van der Waals surface area contributed by atoms with Gasteiger partial charge in [-0.2, -0.15) is 18.3 Å². The smallest absolute Gasteiger partial charge is 0.434 e. The Morgan fingerprint density at radius 3 is 2.64 bits per heavy atom. The summed E-state index contributed by atoms with van der Waals surface area (Å²) in [6.45, 7) is 0.557. The van der Waals surface area contributed by atoms with Gasteiger partial charge in [0.1, 0.15) is 17.2 Å². The van der Waals surface area contributed by atoms with Crippen LogP contribution in [-0.4, -0.2) is 32.4 Å². The Balaban J connectivity index is 1.58. The van der Waals surface area contributed by atoms with E-state index in [0.29, 0.717) is 34.9 Å². The fourth-order valence-electron chi connectivity index (χ4n) is 4.51. The number of fused-ring (bicyclic) bond motifs is 3. The number of nitrogens with one attached hydrogen (secondary N) is 1. The van der Waals surface area contributed by atoms with E-state index in [1.165, 1.54) is 10.5 Å². The van der Waals surface area contributed by atoms with Crippen molar-refractivity contribution in [2.24, 2.45) is 7.05 Å². The lowest BCUT2D eigenvalue weighted by molar-refractivity contribution is -0.140. The Bertz CT molecular complexity index is 1410. The first-order chi connectivity index (χ1) is 15.8. The summed E-state index contributed by atoms with van der Waals surface area (Å²) in [6.07, 6.45) is -2.17. The molecule has 0 amide bonds. The van der Waals surface area contributed by atoms with Crippen LogP contribution in [0.1, 0.15) is 22.7 Å².